The molecule has 13 heteroatoms. The molecule has 0 unspecified atom stereocenters. The zero-order valence-corrected chi connectivity index (χ0v) is 24.4. The number of benzene rings is 3. The van der Waals surface area contributed by atoms with Crippen LogP contribution in [0.5, 0.6) is 5.75 Å². The van der Waals surface area contributed by atoms with E-state index in [1.807, 2.05) is 0 Å². The second kappa shape index (κ2) is 9.79. The van der Waals surface area contributed by atoms with E-state index in [2.05, 4.69) is 15.9 Å². The molecule has 2 aliphatic rings. The lowest BCUT2D eigenvalue weighted by Gasteiger charge is -2.50. The minimum atomic E-state index is -1.24. The van der Waals surface area contributed by atoms with Crippen LogP contribution in [0.3, 0.4) is 0 Å². The number of carbonyl (C=O) groups is 3. The molecule has 0 saturated carbocycles. The fraction of sp³-hybridized carbons (Fsp3) is 0.125. The Morgan fingerprint density at radius 2 is 1.27 bits per heavy atom. The summed E-state index contributed by atoms with van der Waals surface area (Å²) in [6.45, 7) is 0. The second-order valence-corrected chi connectivity index (χ2v) is 11.3. The predicted octanol–water partition coefficient (Wildman–Crippen LogP) is 8.13. The number of β-lactam (4-membered cyclic amide) rings is 1. The molecule has 5 rings (SSSR count). The number of hydrogen-bond acceptors (Lipinski definition) is 4. The normalized spacial score (nSPS) is 18.9. The molecule has 1 fully saturated rings. The predicted molar refractivity (Wildman–Crippen MR) is 148 cm³/mol. The molecule has 37 heavy (non-hydrogen) atoms. The highest BCUT2D eigenvalue weighted by Gasteiger charge is 2.58. The Kier molecular flexibility index (Phi) is 7.12. The van der Waals surface area contributed by atoms with Gasteiger partial charge in [0.05, 0.1) is 48.8 Å². The summed E-state index contributed by atoms with van der Waals surface area (Å²) in [5, 5.41) is -0.169. The van der Waals surface area contributed by atoms with Crippen molar-refractivity contribution < 1.29 is 19.1 Å². The van der Waals surface area contributed by atoms with Crippen molar-refractivity contribution >= 4 is 109 Å². The zero-order valence-electron chi connectivity index (χ0n) is 18.3. The minimum Gasteiger partial charge on any atom is -0.496 e. The molecule has 6 nitrogen and oxygen atoms in total. The summed E-state index contributed by atoms with van der Waals surface area (Å²) in [7, 11) is 1.51. The van der Waals surface area contributed by atoms with Gasteiger partial charge >= 0.3 is 0 Å². The third kappa shape index (κ3) is 4.11. The summed E-state index contributed by atoms with van der Waals surface area (Å²) < 4.78 is 5.91. The van der Waals surface area contributed by atoms with Gasteiger partial charge in [-0.15, -0.1) is 0 Å². The van der Waals surface area contributed by atoms with Crippen molar-refractivity contribution in [3.05, 3.63) is 87.7 Å². The summed E-state index contributed by atoms with van der Waals surface area (Å²) in [5.74, 6) is -1.63. The quantitative estimate of drug-likeness (QED) is 0.121. The van der Waals surface area contributed by atoms with Crippen LogP contribution in [0.25, 0.3) is 0 Å². The van der Waals surface area contributed by atoms with E-state index in [1.54, 1.807) is 30.3 Å². The number of nitrogens with zero attached hydrogens (tertiary/aromatic N) is 2. The molecule has 1 saturated heterocycles. The summed E-state index contributed by atoms with van der Waals surface area (Å²) in [5.41, 5.74) is 0.559. The maximum Gasteiger partial charge on any atom is 0.264 e. The van der Waals surface area contributed by atoms with Gasteiger partial charge in [0.2, 0.25) is 0 Å². The van der Waals surface area contributed by atoms with Crippen LogP contribution in [0.1, 0.15) is 32.3 Å². The van der Waals surface area contributed by atoms with Crippen molar-refractivity contribution in [1.82, 2.24) is 4.90 Å². The maximum atomic E-state index is 13.6. The average molecular weight is 684 g/mol. The van der Waals surface area contributed by atoms with Crippen molar-refractivity contribution in [3.8, 4) is 5.75 Å². The van der Waals surface area contributed by atoms with Gasteiger partial charge in [-0.1, -0.05) is 75.7 Å². The number of imide groups is 1. The zero-order chi connectivity index (χ0) is 26.9. The molecule has 0 radical (unpaired) electrons. The first-order valence-corrected chi connectivity index (χ1v) is 13.4. The summed E-state index contributed by atoms with van der Waals surface area (Å²) in [4.78, 5) is 43.0. The van der Waals surface area contributed by atoms with Gasteiger partial charge in [0, 0.05) is 15.7 Å². The van der Waals surface area contributed by atoms with Crippen LogP contribution in [-0.4, -0.2) is 35.8 Å². The molecule has 2 heterocycles. The fourth-order valence-corrected chi connectivity index (χ4v) is 6.60. The fourth-order valence-electron chi connectivity index (χ4n) is 4.51. The summed E-state index contributed by atoms with van der Waals surface area (Å²) in [6.07, 6.45) is 0. The Morgan fingerprint density at radius 1 is 0.730 bits per heavy atom. The van der Waals surface area contributed by atoms with Gasteiger partial charge in [0.15, 0.2) is 0 Å². The van der Waals surface area contributed by atoms with E-state index in [4.69, 9.17) is 74.3 Å². The molecule has 2 atom stereocenters. The second-order valence-electron chi connectivity index (χ2n) is 8.11. The largest absolute Gasteiger partial charge is 0.496 e. The van der Waals surface area contributed by atoms with Gasteiger partial charge < -0.3 is 9.64 Å². The minimum absolute atomic E-state index is 0.166. The molecule has 190 valence electrons. The molecule has 0 aliphatic carbocycles. The van der Waals surface area contributed by atoms with Crippen LogP contribution < -0.4 is 9.64 Å². The number of halogens is 7. The van der Waals surface area contributed by atoms with E-state index in [0.717, 1.165) is 4.90 Å². The first-order chi connectivity index (χ1) is 17.5. The molecule has 0 aromatic heterocycles. The first kappa shape index (κ1) is 26.9. The van der Waals surface area contributed by atoms with Gasteiger partial charge in [-0.25, -0.2) is 0 Å². The lowest BCUT2D eigenvalue weighted by atomic mass is 9.86. The van der Waals surface area contributed by atoms with Crippen LogP contribution in [0, 0.1) is 0 Å². The Bertz CT molecular complexity index is 1480. The van der Waals surface area contributed by atoms with Crippen molar-refractivity contribution in [1.29, 1.82) is 0 Å². The molecule has 0 spiro atoms. The highest BCUT2D eigenvalue weighted by Crippen LogP contribution is 2.50. The van der Waals surface area contributed by atoms with Gasteiger partial charge in [-0.3, -0.25) is 19.3 Å². The smallest absolute Gasteiger partial charge is 0.264 e. The Balaban J connectivity index is 1.66. The van der Waals surface area contributed by atoms with Crippen LogP contribution in [0.15, 0.2) is 40.9 Å². The summed E-state index contributed by atoms with van der Waals surface area (Å²) in [6, 6.07) is 7.73. The number of methoxy groups -OCH3 is 1. The SMILES string of the molecule is COc1ccc([C@H]2[C@H](N3C(=O)c4c(Cl)c(Cl)c(Cl)c(Cl)c4C3=O)C(=O)N2c2cc(Cl)cc(Cl)c2)cc1Br. The molecule has 0 bridgehead atoms. The number of carbonyl (C=O) groups excluding carboxylic acids is 3. The van der Waals surface area contributed by atoms with E-state index >= 15 is 0 Å². The van der Waals surface area contributed by atoms with Gasteiger partial charge in [-0.05, 0) is 51.8 Å². The van der Waals surface area contributed by atoms with E-state index in [1.165, 1.54) is 18.1 Å². The molecular weight excluding hydrogens is 673 g/mol. The molecule has 2 aliphatic heterocycles. The number of ether oxygens (including phenoxy) is 1. The van der Waals surface area contributed by atoms with Crippen molar-refractivity contribution in [2.24, 2.45) is 0 Å². The van der Waals surface area contributed by atoms with Crippen LogP contribution in [0.2, 0.25) is 30.1 Å². The van der Waals surface area contributed by atoms with Gasteiger partial charge in [-0.2, -0.15) is 0 Å². The van der Waals surface area contributed by atoms with Crippen molar-refractivity contribution in [2.75, 3.05) is 12.0 Å². The van der Waals surface area contributed by atoms with Gasteiger partial charge in [0.1, 0.15) is 11.8 Å². The highest BCUT2D eigenvalue weighted by molar-refractivity contribution is 9.10. The number of anilines is 1. The Labute approximate surface area is 249 Å². The molecular formula is C24H11BrCl6N2O4. The molecule has 3 amide bonds. The topological polar surface area (TPSA) is 66.9 Å². The van der Waals surface area contributed by atoms with Gasteiger partial charge in [0.25, 0.3) is 17.7 Å². The third-order valence-corrected chi connectivity index (χ3v) is 8.98. The average Bonchev–Trinajstić information content (AvgIpc) is 3.09. The molecule has 3 aromatic rings. The van der Waals surface area contributed by atoms with E-state index in [9.17, 15) is 14.4 Å². The number of fused-ring (bicyclic) bond motifs is 1. The number of rotatable bonds is 4. The standard InChI is InChI=1S/C24H11BrCl6N2O4/c1-37-13-3-2-8(4-12(13)25)20-21(24(36)32(20)11-6-9(26)5-10(27)7-11)33-22(34)14-15(23(33)35)17(29)19(31)18(30)16(14)28/h2-7,20-21H,1H3/t20-,21-/m0/s1. The maximum absolute atomic E-state index is 13.6. The molecule has 3 aromatic carbocycles. The Morgan fingerprint density at radius 3 is 1.76 bits per heavy atom. The van der Waals surface area contributed by atoms with Crippen LogP contribution in [-0.2, 0) is 4.79 Å². The lowest BCUT2D eigenvalue weighted by molar-refractivity contribution is -0.130. The Hall–Kier alpha value is -1.71. The number of hydrogen-bond donors (Lipinski definition) is 0. The van der Waals surface area contributed by atoms with Crippen LogP contribution in [0.4, 0.5) is 5.69 Å². The van der Waals surface area contributed by atoms with E-state index < -0.39 is 29.8 Å². The van der Waals surface area contributed by atoms with Crippen molar-refractivity contribution in [2.45, 2.75) is 12.1 Å². The third-order valence-electron chi connectivity index (χ3n) is 6.12. The van der Waals surface area contributed by atoms with E-state index in [0.29, 0.717) is 31.5 Å². The summed E-state index contributed by atoms with van der Waals surface area (Å²) >= 11 is 40.7. The lowest BCUT2D eigenvalue weighted by Crippen LogP contribution is -2.67. The first-order valence-electron chi connectivity index (χ1n) is 10.3. The van der Waals surface area contributed by atoms with Crippen LogP contribution >= 0.6 is 85.5 Å². The molecule has 0 N–H and O–H groups in total. The number of amides is 3. The highest BCUT2D eigenvalue weighted by atomic mass is 79.9. The monoisotopic (exact) mass is 680 g/mol. The van der Waals surface area contributed by atoms with Crippen molar-refractivity contribution in [3.63, 3.8) is 0 Å². The van der Waals surface area contributed by atoms with E-state index in [-0.39, 0.29) is 31.2 Å².